The zero-order chi connectivity index (χ0) is 32.2. The van der Waals surface area contributed by atoms with Gasteiger partial charge in [0.15, 0.2) is 23.0 Å². The highest BCUT2D eigenvalue weighted by atomic mass is 16.6. The summed E-state index contributed by atoms with van der Waals surface area (Å²) in [5.74, 6) is -0.915. The first-order valence-corrected chi connectivity index (χ1v) is 13.9. The maximum Gasteiger partial charge on any atom is 0.338 e. The highest BCUT2D eigenvalue weighted by molar-refractivity contribution is 5.95. The largest absolute Gasteiger partial charge is 0.493 e. The maximum absolute atomic E-state index is 13.3. The number of ether oxygens (including phenoxy) is 7. The SMILES string of the molecule is CC=C(C)C(=O)Oc1c(OC)c(OC)cc2c1-c1c(cc(OC)c(OC)c1OC)[C@H](O)[C@H](C)[C@H](C)[C@H]2OC(=O)/C(C)=C\C. The van der Waals surface area contributed by atoms with E-state index in [0.717, 1.165) is 0 Å². The Morgan fingerprint density at radius 2 is 1.14 bits per heavy atom. The zero-order valence-electron chi connectivity index (χ0n) is 26.7. The van der Waals surface area contributed by atoms with Gasteiger partial charge in [-0.05, 0) is 51.3 Å². The lowest BCUT2D eigenvalue weighted by molar-refractivity contribution is -0.149. The number of benzene rings is 2. The second-order valence-corrected chi connectivity index (χ2v) is 10.3. The molecule has 0 heterocycles. The Kier molecular flexibility index (Phi) is 10.7. The topological polar surface area (TPSA) is 119 Å². The van der Waals surface area contributed by atoms with Crippen molar-refractivity contribution in [3.63, 3.8) is 0 Å². The molecular formula is C33H42O10. The van der Waals surface area contributed by atoms with Crippen LogP contribution in [-0.2, 0) is 14.3 Å². The highest BCUT2D eigenvalue weighted by Crippen LogP contribution is 2.59. The molecule has 43 heavy (non-hydrogen) atoms. The number of esters is 2. The molecule has 10 heteroatoms. The number of hydrogen-bond acceptors (Lipinski definition) is 10. The molecule has 0 amide bonds. The first kappa shape index (κ1) is 33.3. The van der Waals surface area contributed by atoms with Crippen LogP contribution < -0.4 is 28.4 Å². The van der Waals surface area contributed by atoms with Gasteiger partial charge in [-0.2, -0.15) is 0 Å². The normalized spacial score (nSPS) is 20.1. The van der Waals surface area contributed by atoms with Gasteiger partial charge in [0.25, 0.3) is 0 Å². The number of methoxy groups -OCH3 is 5. The van der Waals surface area contributed by atoms with Crippen LogP contribution in [0.1, 0.15) is 64.9 Å². The quantitative estimate of drug-likeness (QED) is 0.205. The van der Waals surface area contributed by atoms with Crippen LogP contribution in [0.2, 0.25) is 0 Å². The van der Waals surface area contributed by atoms with Crippen molar-refractivity contribution in [1.29, 1.82) is 0 Å². The van der Waals surface area contributed by atoms with E-state index in [4.69, 9.17) is 33.2 Å². The molecule has 0 aliphatic heterocycles. The fraction of sp³-hybridized carbons (Fsp3) is 0.455. The first-order chi connectivity index (χ1) is 20.4. The second kappa shape index (κ2) is 13.9. The molecular weight excluding hydrogens is 556 g/mol. The molecule has 0 saturated carbocycles. The Bertz CT molecular complexity index is 1440. The van der Waals surface area contributed by atoms with Crippen molar-refractivity contribution in [3.8, 4) is 45.6 Å². The van der Waals surface area contributed by atoms with Crippen molar-refractivity contribution in [2.45, 2.75) is 53.8 Å². The van der Waals surface area contributed by atoms with Gasteiger partial charge in [0.1, 0.15) is 6.10 Å². The van der Waals surface area contributed by atoms with Crippen LogP contribution in [0.5, 0.6) is 34.5 Å². The van der Waals surface area contributed by atoms with Crippen molar-refractivity contribution in [1.82, 2.24) is 0 Å². The number of aliphatic hydroxyl groups is 1. The number of allylic oxidation sites excluding steroid dienone is 2. The molecule has 234 valence electrons. The minimum absolute atomic E-state index is 0.00687. The molecule has 1 N–H and O–H groups in total. The molecule has 2 aromatic rings. The lowest BCUT2D eigenvalue weighted by Crippen LogP contribution is -2.29. The maximum atomic E-state index is 13.3. The van der Waals surface area contributed by atoms with Crippen LogP contribution >= 0.6 is 0 Å². The van der Waals surface area contributed by atoms with Gasteiger partial charge in [0.05, 0.1) is 41.7 Å². The smallest absolute Gasteiger partial charge is 0.338 e. The standard InChI is InChI=1S/C33H42O10/c1-12-16(3)32(35)42-27-19(6)18(5)26(34)20-14-22(37-7)28(39-9)30(41-11)24(20)25-21(27)15-23(38-8)29(40-10)31(25)43-33(36)17(4)13-2/h12-15,18-19,26-27,34H,1-11H3/b16-12-,17-13?/t18-,19+,26-,27-/m1/s1. The summed E-state index contributed by atoms with van der Waals surface area (Å²) in [7, 11) is 7.29. The third-order valence-electron chi connectivity index (χ3n) is 8.14. The molecule has 3 rings (SSSR count). The molecule has 1 aliphatic rings. The highest BCUT2D eigenvalue weighted by Gasteiger charge is 2.42. The summed E-state index contributed by atoms with van der Waals surface area (Å²) in [6.45, 7) is 10.5. The van der Waals surface area contributed by atoms with Crippen LogP contribution in [0.25, 0.3) is 11.1 Å². The number of rotatable bonds is 9. The third-order valence-corrected chi connectivity index (χ3v) is 8.14. The van der Waals surface area contributed by atoms with Crippen molar-refractivity contribution < 1.29 is 47.9 Å². The van der Waals surface area contributed by atoms with Gasteiger partial charge < -0.3 is 38.3 Å². The summed E-state index contributed by atoms with van der Waals surface area (Å²) in [5, 5.41) is 11.9. The molecule has 0 bridgehead atoms. The number of carbonyl (C=O) groups is 2. The Balaban J connectivity index is 2.67. The fourth-order valence-corrected chi connectivity index (χ4v) is 5.14. The molecule has 0 saturated heterocycles. The summed E-state index contributed by atoms with van der Waals surface area (Å²) in [5.41, 5.74) is 2.29. The summed E-state index contributed by atoms with van der Waals surface area (Å²) in [6, 6.07) is 3.36. The zero-order valence-corrected chi connectivity index (χ0v) is 26.7. The van der Waals surface area contributed by atoms with E-state index in [0.29, 0.717) is 39.1 Å². The molecule has 2 aromatic carbocycles. The van der Waals surface area contributed by atoms with Gasteiger partial charge in [-0.3, -0.25) is 0 Å². The van der Waals surface area contributed by atoms with E-state index in [1.54, 1.807) is 52.0 Å². The van der Waals surface area contributed by atoms with Gasteiger partial charge in [0, 0.05) is 33.8 Å². The van der Waals surface area contributed by atoms with Gasteiger partial charge in [-0.1, -0.05) is 26.0 Å². The van der Waals surface area contributed by atoms with Crippen LogP contribution in [0.15, 0.2) is 35.4 Å². The molecule has 0 radical (unpaired) electrons. The molecule has 0 spiro atoms. The van der Waals surface area contributed by atoms with E-state index in [-0.39, 0.29) is 28.7 Å². The minimum Gasteiger partial charge on any atom is -0.493 e. The first-order valence-electron chi connectivity index (χ1n) is 13.9. The molecule has 1 aliphatic carbocycles. The van der Waals surface area contributed by atoms with Crippen LogP contribution in [0.3, 0.4) is 0 Å². The van der Waals surface area contributed by atoms with Crippen molar-refractivity contribution in [2.24, 2.45) is 11.8 Å². The molecule has 4 atom stereocenters. The van der Waals surface area contributed by atoms with Crippen molar-refractivity contribution in [2.75, 3.05) is 35.5 Å². The summed E-state index contributed by atoms with van der Waals surface area (Å²) in [6.07, 6.45) is 1.27. The third kappa shape index (κ3) is 6.01. The second-order valence-electron chi connectivity index (χ2n) is 10.3. The van der Waals surface area contributed by atoms with Crippen LogP contribution in [0.4, 0.5) is 0 Å². The van der Waals surface area contributed by atoms with Crippen LogP contribution in [0, 0.1) is 11.8 Å². The van der Waals surface area contributed by atoms with Crippen molar-refractivity contribution >= 4 is 11.9 Å². The Labute approximate surface area is 253 Å². The Hall–Kier alpha value is -4.18. The van der Waals surface area contributed by atoms with E-state index in [2.05, 4.69) is 0 Å². The average Bonchev–Trinajstić information content (AvgIpc) is 3.02. The van der Waals surface area contributed by atoms with Crippen LogP contribution in [-0.4, -0.2) is 52.6 Å². The Morgan fingerprint density at radius 3 is 1.63 bits per heavy atom. The van der Waals surface area contributed by atoms with Gasteiger partial charge >= 0.3 is 11.9 Å². The lowest BCUT2D eigenvalue weighted by atomic mass is 9.74. The summed E-state index contributed by atoms with van der Waals surface area (Å²) in [4.78, 5) is 26.5. The van der Waals surface area contributed by atoms with Crippen molar-refractivity contribution in [3.05, 3.63) is 46.6 Å². The minimum atomic E-state index is -1.09. The monoisotopic (exact) mass is 598 g/mol. The summed E-state index contributed by atoms with van der Waals surface area (Å²) >= 11 is 0. The molecule has 10 nitrogen and oxygen atoms in total. The molecule has 0 aromatic heterocycles. The Morgan fingerprint density at radius 1 is 0.674 bits per heavy atom. The number of fused-ring (bicyclic) bond motifs is 3. The number of carbonyl (C=O) groups excluding carboxylic acids is 2. The van der Waals surface area contributed by atoms with E-state index in [1.165, 1.54) is 35.5 Å². The predicted octanol–water partition coefficient (Wildman–Crippen LogP) is 6.14. The van der Waals surface area contributed by atoms with E-state index in [9.17, 15) is 14.7 Å². The van der Waals surface area contributed by atoms with Gasteiger partial charge in [-0.15, -0.1) is 0 Å². The van der Waals surface area contributed by atoms with E-state index in [1.807, 2.05) is 13.8 Å². The molecule has 0 unspecified atom stereocenters. The lowest BCUT2D eigenvalue weighted by Gasteiger charge is -2.37. The van der Waals surface area contributed by atoms with Gasteiger partial charge in [-0.25, -0.2) is 9.59 Å². The van der Waals surface area contributed by atoms with Gasteiger partial charge in [0.2, 0.25) is 11.5 Å². The number of hydrogen-bond donors (Lipinski definition) is 1. The summed E-state index contributed by atoms with van der Waals surface area (Å²) < 4.78 is 40.9. The number of aliphatic hydroxyl groups excluding tert-OH is 1. The molecule has 0 fully saturated rings. The van der Waals surface area contributed by atoms with E-state index < -0.39 is 36.0 Å². The van der Waals surface area contributed by atoms with E-state index >= 15 is 0 Å². The fourth-order valence-electron chi connectivity index (χ4n) is 5.14. The average molecular weight is 599 g/mol. The predicted molar refractivity (Wildman–Crippen MR) is 161 cm³/mol.